The van der Waals surface area contributed by atoms with E-state index < -0.39 is 5.82 Å². The van der Waals surface area contributed by atoms with Crippen molar-refractivity contribution in [2.24, 2.45) is 0 Å². The quantitative estimate of drug-likeness (QED) is 0.872. The van der Waals surface area contributed by atoms with Gasteiger partial charge in [0, 0.05) is 12.6 Å². The van der Waals surface area contributed by atoms with Gasteiger partial charge < -0.3 is 10.4 Å². The first-order valence-corrected chi connectivity index (χ1v) is 6.34. The van der Waals surface area contributed by atoms with Crippen molar-refractivity contribution in [1.82, 2.24) is 5.32 Å². The van der Waals surface area contributed by atoms with Crippen molar-refractivity contribution in [1.29, 1.82) is 0 Å². The van der Waals surface area contributed by atoms with Crippen molar-refractivity contribution < 1.29 is 9.50 Å². The van der Waals surface area contributed by atoms with Gasteiger partial charge in [-0.2, -0.15) is 11.3 Å². The summed E-state index contributed by atoms with van der Waals surface area (Å²) in [5, 5.41) is 16.5. The van der Waals surface area contributed by atoms with Crippen LogP contribution in [0.5, 0.6) is 5.75 Å². The Kier molecular flexibility index (Phi) is 3.76. The number of halogens is 1. The molecule has 2 rings (SSSR count). The SMILES string of the molecule is CC(NCc1ccc(O)c(F)c1)c1ccsc1. The Morgan fingerprint density at radius 1 is 1.41 bits per heavy atom. The molecule has 0 saturated heterocycles. The predicted molar refractivity (Wildman–Crippen MR) is 67.6 cm³/mol. The largest absolute Gasteiger partial charge is 0.505 e. The Labute approximate surface area is 104 Å². The molecule has 1 unspecified atom stereocenters. The van der Waals surface area contributed by atoms with Crippen LogP contribution in [0.2, 0.25) is 0 Å². The minimum atomic E-state index is -0.576. The van der Waals surface area contributed by atoms with Crippen molar-refractivity contribution in [3.05, 3.63) is 52.0 Å². The molecule has 0 amide bonds. The van der Waals surface area contributed by atoms with Crippen LogP contribution in [0.4, 0.5) is 4.39 Å². The van der Waals surface area contributed by atoms with Crippen LogP contribution in [0.25, 0.3) is 0 Å². The van der Waals surface area contributed by atoms with E-state index in [0.29, 0.717) is 6.54 Å². The van der Waals surface area contributed by atoms with Crippen molar-refractivity contribution in [3.63, 3.8) is 0 Å². The van der Waals surface area contributed by atoms with Crippen LogP contribution in [-0.4, -0.2) is 5.11 Å². The van der Waals surface area contributed by atoms with Crippen molar-refractivity contribution in [2.45, 2.75) is 19.5 Å². The number of nitrogens with one attached hydrogen (secondary N) is 1. The van der Waals surface area contributed by atoms with Crippen molar-refractivity contribution in [2.75, 3.05) is 0 Å². The Bertz CT molecular complexity index is 484. The molecule has 2 aromatic rings. The van der Waals surface area contributed by atoms with Crippen LogP contribution in [0, 0.1) is 5.82 Å². The minimum absolute atomic E-state index is 0.234. The molecular weight excluding hydrogens is 237 g/mol. The smallest absolute Gasteiger partial charge is 0.165 e. The summed E-state index contributed by atoms with van der Waals surface area (Å²) in [5.74, 6) is -0.882. The molecule has 0 aliphatic heterocycles. The maximum absolute atomic E-state index is 13.1. The summed E-state index contributed by atoms with van der Waals surface area (Å²) in [6.45, 7) is 2.65. The highest BCUT2D eigenvalue weighted by molar-refractivity contribution is 7.07. The maximum atomic E-state index is 13.1. The van der Waals surface area contributed by atoms with Crippen LogP contribution in [0.3, 0.4) is 0 Å². The lowest BCUT2D eigenvalue weighted by atomic mass is 10.1. The van der Waals surface area contributed by atoms with E-state index in [1.807, 2.05) is 5.38 Å². The first kappa shape index (κ1) is 12.1. The van der Waals surface area contributed by atoms with E-state index >= 15 is 0 Å². The van der Waals surface area contributed by atoms with Crippen molar-refractivity contribution >= 4 is 11.3 Å². The molecule has 2 nitrogen and oxygen atoms in total. The number of hydrogen-bond donors (Lipinski definition) is 2. The van der Waals surface area contributed by atoms with Gasteiger partial charge in [-0.3, -0.25) is 0 Å². The molecule has 0 spiro atoms. The molecule has 1 atom stereocenters. The zero-order chi connectivity index (χ0) is 12.3. The van der Waals surface area contributed by atoms with Crippen LogP contribution in [0.15, 0.2) is 35.0 Å². The normalized spacial score (nSPS) is 12.6. The number of phenols is 1. The molecule has 0 bridgehead atoms. The molecular formula is C13H14FNOS. The van der Waals surface area contributed by atoms with Gasteiger partial charge in [0.2, 0.25) is 0 Å². The highest BCUT2D eigenvalue weighted by atomic mass is 32.1. The summed E-state index contributed by atoms with van der Waals surface area (Å²) in [6, 6.07) is 6.74. The number of phenolic OH excluding ortho intramolecular Hbond substituents is 1. The van der Waals surface area contributed by atoms with E-state index in [2.05, 4.69) is 23.7 Å². The third kappa shape index (κ3) is 3.05. The van der Waals surface area contributed by atoms with Gasteiger partial charge in [-0.25, -0.2) is 4.39 Å². The summed E-state index contributed by atoms with van der Waals surface area (Å²) >= 11 is 1.66. The molecule has 1 aromatic heterocycles. The van der Waals surface area contributed by atoms with E-state index in [9.17, 15) is 4.39 Å². The first-order chi connectivity index (χ1) is 8.16. The van der Waals surface area contributed by atoms with Gasteiger partial charge in [0.15, 0.2) is 11.6 Å². The van der Waals surface area contributed by atoms with Gasteiger partial charge in [-0.15, -0.1) is 0 Å². The minimum Gasteiger partial charge on any atom is -0.505 e. The zero-order valence-corrected chi connectivity index (χ0v) is 10.3. The zero-order valence-electron chi connectivity index (χ0n) is 9.48. The monoisotopic (exact) mass is 251 g/mol. The Hall–Kier alpha value is -1.39. The van der Waals surface area contributed by atoms with Gasteiger partial charge in [-0.1, -0.05) is 6.07 Å². The Balaban J connectivity index is 1.96. The predicted octanol–water partition coefficient (Wildman–Crippen LogP) is 3.44. The molecule has 2 N–H and O–H groups in total. The van der Waals surface area contributed by atoms with E-state index in [0.717, 1.165) is 5.56 Å². The fourth-order valence-electron chi connectivity index (χ4n) is 1.57. The fourth-order valence-corrected chi connectivity index (χ4v) is 2.32. The number of thiophene rings is 1. The summed E-state index contributed by atoms with van der Waals surface area (Å²) in [7, 11) is 0. The highest BCUT2D eigenvalue weighted by Gasteiger charge is 2.06. The fraction of sp³-hybridized carbons (Fsp3) is 0.231. The number of aromatic hydroxyl groups is 1. The van der Waals surface area contributed by atoms with E-state index in [1.165, 1.54) is 17.7 Å². The third-order valence-electron chi connectivity index (χ3n) is 2.67. The molecule has 0 saturated carbocycles. The maximum Gasteiger partial charge on any atom is 0.165 e. The van der Waals surface area contributed by atoms with Gasteiger partial charge in [0.1, 0.15) is 0 Å². The second kappa shape index (κ2) is 5.29. The number of rotatable bonds is 4. The number of benzene rings is 1. The lowest BCUT2D eigenvalue weighted by Gasteiger charge is -2.12. The Morgan fingerprint density at radius 3 is 2.88 bits per heavy atom. The average molecular weight is 251 g/mol. The van der Waals surface area contributed by atoms with Crippen LogP contribution >= 0.6 is 11.3 Å². The number of hydrogen-bond acceptors (Lipinski definition) is 3. The summed E-state index contributed by atoms with van der Waals surface area (Å²) in [4.78, 5) is 0. The van der Waals surface area contributed by atoms with Gasteiger partial charge >= 0.3 is 0 Å². The van der Waals surface area contributed by atoms with E-state index in [4.69, 9.17) is 5.11 Å². The van der Waals surface area contributed by atoms with E-state index in [1.54, 1.807) is 17.4 Å². The highest BCUT2D eigenvalue weighted by Crippen LogP contribution is 2.18. The van der Waals surface area contributed by atoms with Crippen LogP contribution in [0.1, 0.15) is 24.1 Å². The Morgan fingerprint density at radius 2 is 2.24 bits per heavy atom. The second-order valence-corrected chi connectivity index (χ2v) is 4.73. The molecule has 1 aromatic carbocycles. The van der Waals surface area contributed by atoms with Crippen LogP contribution in [-0.2, 0) is 6.54 Å². The van der Waals surface area contributed by atoms with E-state index in [-0.39, 0.29) is 11.8 Å². The third-order valence-corrected chi connectivity index (χ3v) is 3.37. The van der Waals surface area contributed by atoms with Gasteiger partial charge in [0.05, 0.1) is 0 Å². The molecule has 17 heavy (non-hydrogen) atoms. The molecule has 1 heterocycles. The molecule has 90 valence electrons. The topological polar surface area (TPSA) is 32.3 Å². The van der Waals surface area contributed by atoms with Crippen LogP contribution < -0.4 is 5.32 Å². The first-order valence-electron chi connectivity index (χ1n) is 5.39. The molecule has 0 fully saturated rings. The summed E-state index contributed by atoms with van der Waals surface area (Å²) in [5.41, 5.74) is 2.05. The molecule has 0 aliphatic carbocycles. The lowest BCUT2D eigenvalue weighted by molar-refractivity contribution is 0.431. The molecule has 0 radical (unpaired) electrons. The van der Waals surface area contributed by atoms with Gasteiger partial charge in [0.25, 0.3) is 0 Å². The standard InChI is InChI=1S/C13H14FNOS/c1-9(11-4-5-17-8-11)15-7-10-2-3-13(16)12(14)6-10/h2-6,8-9,15-16H,7H2,1H3. The lowest BCUT2D eigenvalue weighted by Crippen LogP contribution is -2.17. The van der Waals surface area contributed by atoms with Crippen molar-refractivity contribution in [3.8, 4) is 5.75 Å². The second-order valence-electron chi connectivity index (χ2n) is 3.95. The summed E-state index contributed by atoms with van der Waals surface area (Å²) in [6.07, 6.45) is 0. The van der Waals surface area contributed by atoms with Gasteiger partial charge in [-0.05, 0) is 47.0 Å². The molecule has 0 aliphatic rings. The summed E-state index contributed by atoms with van der Waals surface area (Å²) < 4.78 is 13.1. The average Bonchev–Trinajstić information content (AvgIpc) is 2.84. The molecule has 4 heteroatoms.